The maximum Gasteiger partial charge on any atom is 0.280 e. The molecule has 2 amide bonds. The molecular weight excluding hydrogens is 506 g/mol. The zero-order valence-electron chi connectivity index (χ0n) is 21.6. The van der Waals surface area contributed by atoms with Crippen LogP contribution in [0.1, 0.15) is 43.9 Å². The number of carbonyl (C=O) groups is 2. The first-order valence-electron chi connectivity index (χ1n) is 13.1. The second-order valence-electron chi connectivity index (χ2n) is 10.2. The number of nitrogens with zero attached hydrogens (tertiary/aromatic N) is 4. The van der Waals surface area contributed by atoms with Crippen molar-refractivity contribution in [2.75, 3.05) is 12.8 Å². The van der Waals surface area contributed by atoms with E-state index in [0.29, 0.717) is 0 Å². The van der Waals surface area contributed by atoms with Crippen LogP contribution in [0.3, 0.4) is 0 Å². The van der Waals surface area contributed by atoms with Crippen molar-refractivity contribution >= 4 is 28.9 Å². The van der Waals surface area contributed by atoms with Crippen molar-refractivity contribution < 1.29 is 24.5 Å². The molecule has 1 aliphatic heterocycles. The Kier molecular flexibility index (Phi) is 7.64. The smallest absolute Gasteiger partial charge is 0.280 e. The number of fused-ring (bicyclic) bond motifs is 1. The molecule has 5 rings (SSSR count). The third-order valence-electron chi connectivity index (χ3n) is 7.59. The van der Waals surface area contributed by atoms with Gasteiger partial charge in [-0.3, -0.25) is 23.9 Å². The Morgan fingerprint density at radius 2 is 1.92 bits per heavy atom. The molecule has 208 valence electrons. The van der Waals surface area contributed by atoms with Gasteiger partial charge < -0.3 is 30.9 Å². The number of nitrogens with two attached hydrogens (primary N) is 1. The molecule has 1 saturated heterocycles. The van der Waals surface area contributed by atoms with Gasteiger partial charge in [0.25, 0.3) is 11.5 Å². The number of amides is 2. The predicted octanol–water partition coefficient (Wildman–Crippen LogP) is -0.160. The number of nitrogen functional groups attached to an aromatic ring is 1. The lowest BCUT2D eigenvalue weighted by Gasteiger charge is -2.34. The Morgan fingerprint density at radius 1 is 1.21 bits per heavy atom. The van der Waals surface area contributed by atoms with Gasteiger partial charge >= 0.3 is 0 Å². The van der Waals surface area contributed by atoms with Crippen LogP contribution in [0.5, 0.6) is 0 Å². The van der Waals surface area contributed by atoms with Crippen molar-refractivity contribution in [3.63, 3.8) is 0 Å². The first-order chi connectivity index (χ1) is 18.7. The molecule has 2 aromatic heterocycles. The number of anilines is 1. The van der Waals surface area contributed by atoms with E-state index in [1.54, 1.807) is 11.9 Å². The quantitative estimate of drug-likeness (QED) is 0.272. The third kappa shape index (κ3) is 5.37. The summed E-state index contributed by atoms with van der Waals surface area (Å²) >= 11 is 0. The number of aliphatic hydroxyl groups excluding tert-OH is 2. The lowest BCUT2D eigenvalue weighted by atomic mass is 9.93. The molecule has 1 saturated carbocycles. The van der Waals surface area contributed by atoms with Gasteiger partial charge in [0.15, 0.2) is 23.5 Å². The van der Waals surface area contributed by atoms with E-state index in [4.69, 9.17) is 10.5 Å². The first-order valence-corrected chi connectivity index (χ1v) is 13.1. The molecule has 1 aliphatic carbocycles. The van der Waals surface area contributed by atoms with Gasteiger partial charge in [-0.15, -0.1) is 0 Å². The zero-order chi connectivity index (χ0) is 27.7. The third-order valence-corrected chi connectivity index (χ3v) is 7.59. The molecule has 1 aromatic carbocycles. The summed E-state index contributed by atoms with van der Waals surface area (Å²) in [7, 11) is 1.76. The fraction of sp³-hybridized carbons (Fsp3) is 0.500. The van der Waals surface area contributed by atoms with Gasteiger partial charge in [-0.1, -0.05) is 49.6 Å². The molecule has 0 spiro atoms. The SMILES string of the molecule is CN(C(=O)[C@@H](Cc1ccccc1)NC(=O)[C@H]1O[C@@H](n2cnc3c(=O)[nH]c(N)nc32)[C@H](O)[C@@H]1O)C1CCCCC1. The maximum atomic E-state index is 13.6. The number of benzene rings is 1. The lowest BCUT2D eigenvalue weighted by Crippen LogP contribution is -2.54. The minimum Gasteiger partial charge on any atom is -0.387 e. The number of H-pyrrole nitrogens is 1. The van der Waals surface area contributed by atoms with E-state index >= 15 is 0 Å². The fourth-order valence-corrected chi connectivity index (χ4v) is 5.43. The van der Waals surface area contributed by atoms with Crippen molar-refractivity contribution in [1.29, 1.82) is 0 Å². The molecule has 0 bridgehead atoms. The van der Waals surface area contributed by atoms with E-state index < -0.39 is 42.0 Å². The van der Waals surface area contributed by atoms with Crippen LogP contribution in [0.4, 0.5) is 5.95 Å². The number of imidazole rings is 1. The van der Waals surface area contributed by atoms with Crippen molar-refractivity contribution in [3.8, 4) is 0 Å². The molecule has 5 atom stereocenters. The molecule has 3 aromatic rings. The van der Waals surface area contributed by atoms with Crippen molar-refractivity contribution in [2.24, 2.45) is 0 Å². The lowest BCUT2D eigenvalue weighted by molar-refractivity contribution is -0.143. The number of hydrogen-bond donors (Lipinski definition) is 5. The van der Waals surface area contributed by atoms with Crippen molar-refractivity contribution in [1.82, 2.24) is 29.7 Å². The van der Waals surface area contributed by atoms with Gasteiger partial charge in [0.05, 0.1) is 6.33 Å². The van der Waals surface area contributed by atoms with Gasteiger partial charge in [0.2, 0.25) is 11.9 Å². The molecule has 0 radical (unpaired) electrons. The van der Waals surface area contributed by atoms with E-state index in [1.165, 1.54) is 10.9 Å². The Bertz CT molecular complexity index is 1390. The molecule has 2 fully saturated rings. The van der Waals surface area contributed by atoms with Crippen LogP contribution >= 0.6 is 0 Å². The van der Waals surface area contributed by atoms with E-state index in [1.807, 2.05) is 30.3 Å². The van der Waals surface area contributed by atoms with Crippen molar-refractivity contribution in [2.45, 2.75) is 75.1 Å². The van der Waals surface area contributed by atoms with Crippen LogP contribution in [-0.2, 0) is 20.7 Å². The van der Waals surface area contributed by atoms with Crippen LogP contribution < -0.4 is 16.6 Å². The molecule has 13 heteroatoms. The zero-order valence-corrected chi connectivity index (χ0v) is 21.6. The number of rotatable bonds is 7. The first kappa shape index (κ1) is 26.8. The standard InChI is InChI=1S/C26H33N7O6/c1-32(15-10-6-3-7-11-15)24(38)16(12-14-8-4-2-5-9-14)29-23(37)20-18(34)19(35)25(39-20)33-13-28-17-21(33)30-26(27)31-22(17)36/h2,4-5,8-9,13,15-16,18-20,25,34-35H,3,6-7,10-12H2,1H3,(H,29,37)(H3,27,30,31,36)/t16-,18+,19-,20+,25-/m1/s1. The molecule has 39 heavy (non-hydrogen) atoms. The minimum atomic E-state index is -1.62. The summed E-state index contributed by atoms with van der Waals surface area (Å²) < 4.78 is 7.02. The van der Waals surface area contributed by atoms with Gasteiger partial charge in [-0.25, -0.2) is 4.98 Å². The van der Waals surface area contributed by atoms with Gasteiger partial charge in [-0.2, -0.15) is 4.98 Å². The molecule has 3 heterocycles. The largest absolute Gasteiger partial charge is 0.387 e. The number of aromatic nitrogens is 4. The number of ether oxygens (including phenoxy) is 1. The predicted molar refractivity (Wildman–Crippen MR) is 140 cm³/mol. The number of likely N-dealkylation sites (N-methyl/N-ethyl adjacent to an activating group) is 1. The van der Waals surface area contributed by atoms with Crippen LogP contribution in [0.2, 0.25) is 0 Å². The summed E-state index contributed by atoms with van der Waals surface area (Å²) in [5.41, 5.74) is 5.92. The highest BCUT2D eigenvalue weighted by Crippen LogP contribution is 2.31. The minimum absolute atomic E-state index is 0.0276. The van der Waals surface area contributed by atoms with E-state index in [-0.39, 0.29) is 35.5 Å². The Labute approximate surface area is 224 Å². The van der Waals surface area contributed by atoms with Crippen LogP contribution in [0.15, 0.2) is 41.5 Å². The summed E-state index contributed by atoms with van der Waals surface area (Å²) in [6, 6.07) is 8.52. The van der Waals surface area contributed by atoms with E-state index in [2.05, 4.69) is 20.3 Å². The summed E-state index contributed by atoms with van der Waals surface area (Å²) in [4.78, 5) is 51.2. The Balaban J connectivity index is 1.36. The topological polar surface area (TPSA) is 189 Å². The monoisotopic (exact) mass is 539 g/mol. The fourth-order valence-electron chi connectivity index (χ4n) is 5.43. The van der Waals surface area contributed by atoms with Gasteiger partial charge in [0, 0.05) is 19.5 Å². The van der Waals surface area contributed by atoms with Crippen molar-refractivity contribution in [3.05, 3.63) is 52.6 Å². The number of carbonyl (C=O) groups excluding carboxylic acids is 2. The molecule has 13 nitrogen and oxygen atoms in total. The summed E-state index contributed by atoms with van der Waals surface area (Å²) in [6.07, 6.45) is 0.595. The summed E-state index contributed by atoms with van der Waals surface area (Å²) in [5, 5.41) is 24.3. The second-order valence-corrected chi connectivity index (χ2v) is 10.2. The number of hydrogen-bond acceptors (Lipinski definition) is 9. The summed E-state index contributed by atoms with van der Waals surface area (Å²) in [5.74, 6) is -1.14. The highest BCUT2D eigenvalue weighted by Gasteiger charge is 2.48. The van der Waals surface area contributed by atoms with Gasteiger partial charge in [-0.05, 0) is 18.4 Å². The average Bonchev–Trinajstić information content (AvgIpc) is 3.49. The van der Waals surface area contributed by atoms with Crippen LogP contribution in [0, 0.1) is 0 Å². The summed E-state index contributed by atoms with van der Waals surface area (Å²) in [6.45, 7) is 0. The average molecular weight is 540 g/mol. The highest BCUT2D eigenvalue weighted by molar-refractivity contribution is 5.90. The number of aliphatic hydroxyl groups is 2. The van der Waals surface area contributed by atoms with Crippen LogP contribution in [-0.4, -0.2) is 83.9 Å². The van der Waals surface area contributed by atoms with Gasteiger partial charge in [0.1, 0.15) is 18.2 Å². The second kappa shape index (κ2) is 11.1. The maximum absolute atomic E-state index is 13.6. The molecular formula is C26H33N7O6. The number of aromatic amines is 1. The van der Waals surface area contributed by atoms with E-state index in [0.717, 1.165) is 37.7 Å². The molecule has 2 aliphatic rings. The van der Waals surface area contributed by atoms with E-state index in [9.17, 15) is 24.6 Å². The molecule has 0 unspecified atom stereocenters. The normalized spacial score (nSPS) is 24.5. The van der Waals surface area contributed by atoms with Crippen LogP contribution in [0.25, 0.3) is 11.2 Å². The highest BCUT2D eigenvalue weighted by atomic mass is 16.6. The Hall–Kier alpha value is -3.81. The molecule has 6 N–H and O–H groups in total. The Morgan fingerprint density at radius 3 is 2.64 bits per heavy atom. The number of nitrogens with one attached hydrogen (secondary N) is 2.